The second-order valence-corrected chi connectivity index (χ2v) is 15.7. The Balaban J connectivity index is 1.10. The molecule has 0 spiro atoms. The Bertz CT molecular complexity index is 2180. The maximum atomic E-state index is 14.8. The summed E-state index contributed by atoms with van der Waals surface area (Å²) in [5.74, 6) is -0.374. The van der Waals surface area contributed by atoms with Gasteiger partial charge in [0, 0.05) is 24.0 Å². The van der Waals surface area contributed by atoms with E-state index in [2.05, 4.69) is 42.7 Å². The summed E-state index contributed by atoms with van der Waals surface area (Å²) in [7, 11) is 2.45. The zero-order valence-electron chi connectivity index (χ0n) is 33.2. The fourth-order valence-corrected chi connectivity index (χ4v) is 7.97. The maximum absolute atomic E-state index is 14.8. The standard InChI is InChI=1S/C42H48F2N8O6/c1-21(2)35(49-41(55)57-5)39(53)51-19-29(43)15-33(51)37-45-17-31(47-37)25-9-7-23-12-28-14-26(10-8-24(28)11-27(23)13-25)32-18-46-38(48-32)34-16-30(44)20-52(34)40(54)36(22(3)4)50-42(56)58-6/h7-14,17-18,21-22,29-30,33-36H,15-16,19-20H2,1-6H3,(H,45,47)(H,46,48)(H,49,55)(H,50,56)/t29-,30-,33-,34-,35-,36-/m0/s1. The Morgan fingerprint density at radius 3 is 1.41 bits per heavy atom. The first-order chi connectivity index (χ1) is 27.7. The maximum Gasteiger partial charge on any atom is 0.407 e. The van der Waals surface area contributed by atoms with Crippen LogP contribution in [0.15, 0.2) is 60.9 Å². The van der Waals surface area contributed by atoms with Gasteiger partial charge in [0.05, 0.1) is 63.2 Å². The number of aromatic amines is 2. The van der Waals surface area contributed by atoms with E-state index in [9.17, 15) is 28.0 Å². The predicted molar refractivity (Wildman–Crippen MR) is 213 cm³/mol. The summed E-state index contributed by atoms with van der Waals surface area (Å²) < 4.78 is 39.1. The minimum atomic E-state index is -1.24. The molecule has 2 saturated heterocycles. The van der Waals surface area contributed by atoms with Crippen molar-refractivity contribution < 1.29 is 37.4 Å². The molecule has 16 heteroatoms. The lowest BCUT2D eigenvalue weighted by Crippen LogP contribution is -2.51. The van der Waals surface area contributed by atoms with Crippen LogP contribution in [0.5, 0.6) is 0 Å². The lowest BCUT2D eigenvalue weighted by molar-refractivity contribution is -0.136. The van der Waals surface area contributed by atoms with Gasteiger partial charge in [-0.3, -0.25) is 9.59 Å². The van der Waals surface area contributed by atoms with E-state index in [1.54, 1.807) is 40.1 Å². The second-order valence-electron chi connectivity index (χ2n) is 15.7. The number of nitrogens with one attached hydrogen (secondary N) is 4. The summed E-state index contributed by atoms with van der Waals surface area (Å²) in [5.41, 5.74) is 3.16. The van der Waals surface area contributed by atoms with Crippen LogP contribution in [0.3, 0.4) is 0 Å². The summed E-state index contributed by atoms with van der Waals surface area (Å²) in [6.45, 7) is 7.00. The van der Waals surface area contributed by atoms with Crippen LogP contribution in [0.2, 0.25) is 0 Å². The number of halogens is 2. The third-order valence-corrected chi connectivity index (χ3v) is 11.1. The largest absolute Gasteiger partial charge is 0.453 e. The Morgan fingerprint density at radius 1 is 0.655 bits per heavy atom. The lowest BCUT2D eigenvalue weighted by atomic mass is 9.99. The summed E-state index contributed by atoms with van der Waals surface area (Å²) in [5, 5.41) is 9.14. The van der Waals surface area contributed by atoms with Crippen molar-refractivity contribution in [3.8, 4) is 22.5 Å². The van der Waals surface area contributed by atoms with Crippen LogP contribution in [0.4, 0.5) is 18.4 Å². The number of likely N-dealkylation sites (tertiary alicyclic amines) is 2. The third-order valence-electron chi connectivity index (χ3n) is 11.1. The van der Waals surface area contributed by atoms with E-state index < -0.39 is 60.5 Å². The number of ether oxygens (including phenoxy) is 2. The van der Waals surface area contributed by atoms with Crippen LogP contribution < -0.4 is 10.6 Å². The molecule has 306 valence electrons. The van der Waals surface area contributed by atoms with E-state index in [4.69, 9.17) is 9.47 Å². The van der Waals surface area contributed by atoms with Crippen LogP contribution in [0.1, 0.15) is 64.3 Å². The number of rotatable bonds is 10. The Kier molecular flexibility index (Phi) is 11.4. The summed E-state index contributed by atoms with van der Waals surface area (Å²) in [4.78, 5) is 69.7. The fourth-order valence-electron chi connectivity index (χ4n) is 7.97. The minimum Gasteiger partial charge on any atom is -0.453 e. The van der Waals surface area contributed by atoms with Crippen molar-refractivity contribution in [2.45, 2.75) is 77.0 Å². The minimum absolute atomic E-state index is 0.0823. The van der Waals surface area contributed by atoms with Gasteiger partial charge in [0.15, 0.2) is 0 Å². The molecular weight excluding hydrogens is 751 g/mol. The zero-order chi connectivity index (χ0) is 41.4. The average Bonchev–Trinajstić information content (AvgIpc) is 4.03. The molecule has 0 aliphatic carbocycles. The van der Waals surface area contributed by atoms with E-state index in [1.807, 2.05) is 36.4 Å². The molecule has 6 atom stereocenters. The van der Waals surface area contributed by atoms with Gasteiger partial charge in [-0.2, -0.15) is 0 Å². The number of fused-ring (bicyclic) bond motifs is 2. The number of hydrogen-bond donors (Lipinski definition) is 4. The number of methoxy groups -OCH3 is 2. The van der Waals surface area contributed by atoms with E-state index in [0.717, 1.165) is 32.7 Å². The molecule has 4 amide bonds. The van der Waals surface area contributed by atoms with Gasteiger partial charge in [-0.25, -0.2) is 28.3 Å². The number of imidazole rings is 2. The van der Waals surface area contributed by atoms with Crippen molar-refractivity contribution in [2.24, 2.45) is 11.8 Å². The summed E-state index contributed by atoms with van der Waals surface area (Å²) in [6.07, 6.45) is -0.416. The van der Waals surface area contributed by atoms with Crippen molar-refractivity contribution >= 4 is 45.5 Å². The second kappa shape index (κ2) is 16.4. The molecule has 4 N–H and O–H groups in total. The molecule has 0 radical (unpaired) electrons. The molecular formula is C42H48F2N8O6. The van der Waals surface area contributed by atoms with Gasteiger partial charge in [0.1, 0.15) is 36.1 Å². The van der Waals surface area contributed by atoms with E-state index in [1.165, 1.54) is 24.0 Å². The topological polar surface area (TPSA) is 175 Å². The van der Waals surface area contributed by atoms with Crippen molar-refractivity contribution in [3.63, 3.8) is 0 Å². The van der Waals surface area contributed by atoms with Gasteiger partial charge < -0.3 is 39.9 Å². The van der Waals surface area contributed by atoms with E-state index >= 15 is 0 Å². The van der Waals surface area contributed by atoms with Gasteiger partial charge in [-0.15, -0.1) is 0 Å². The first-order valence-corrected chi connectivity index (χ1v) is 19.4. The highest BCUT2D eigenvalue weighted by Crippen LogP contribution is 2.37. The number of benzene rings is 3. The van der Waals surface area contributed by atoms with E-state index in [-0.39, 0.29) is 37.8 Å². The van der Waals surface area contributed by atoms with Crippen LogP contribution in [0.25, 0.3) is 44.1 Å². The first kappa shape index (κ1) is 40.1. The van der Waals surface area contributed by atoms with Gasteiger partial charge in [0.2, 0.25) is 11.8 Å². The highest BCUT2D eigenvalue weighted by atomic mass is 19.1. The third kappa shape index (κ3) is 8.04. The molecule has 2 fully saturated rings. The molecule has 2 aromatic heterocycles. The Morgan fingerprint density at radius 2 is 1.05 bits per heavy atom. The highest BCUT2D eigenvalue weighted by molar-refractivity contribution is 6.01. The number of alkyl halides is 2. The van der Waals surface area contributed by atoms with Crippen molar-refractivity contribution in [1.29, 1.82) is 0 Å². The number of alkyl carbamates (subject to hydrolysis) is 2. The Hall–Kier alpha value is -6.06. The molecule has 2 aliphatic heterocycles. The van der Waals surface area contributed by atoms with E-state index in [0.29, 0.717) is 23.0 Å². The smallest absolute Gasteiger partial charge is 0.407 e. The van der Waals surface area contributed by atoms with Crippen LogP contribution in [-0.2, 0) is 19.1 Å². The van der Waals surface area contributed by atoms with Crippen molar-refractivity contribution in [1.82, 2.24) is 40.4 Å². The molecule has 0 unspecified atom stereocenters. The van der Waals surface area contributed by atoms with Crippen LogP contribution in [0, 0.1) is 11.8 Å². The molecule has 0 bridgehead atoms. The average molecular weight is 799 g/mol. The molecule has 58 heavy (non-hydrogen) atoms. The Labute approximate surface area is 334 Å². The zero-order valence-corrected chi connectivity index (χ0v) is 33.2. The quantitative estimate of drug-likeness (QED) is 0.112. The van der Waals surface area contributed by atoms with Crippen LogP contribution >= 0.6 is 0 Å². The number of carbonyl (C=O) groups excluding carboxylic acids is 4. The highest BCUT2D eigenvalue weighted by Gasteiger charge is 2.43. The first-order valence-electron chi connectivity index (χ1n) is 19.4. The number of nitrogens with zero attached hydrogens (tertiary/aromatic N) is 4. The molecule has 3 aromatic carbocycles. The van der Waals surface area contributed by atoms with Crippen molar-refractivity contribution in [2.75, 3.05) is 27.3 Å². The molecule has 0 saturated carbocycles. The molecule has 5 aromatic rings. The summed E-state index contributed by atoms with van der Waals surface area (Å²) in [6, 6.07) is 13.2. The van der Waals surface area contributed by atoms with Gasteiger partial charge >= 0.3 is 12.2 Å². The number of amides is 4. The number of aromatic nitrogens is 4. The number of carbonyl (C=O) groups is 4. The van der Waals surface area contributed by atoms with Gasteiger partial charge in [-0.05, 0) is 57.6 Å². The summed E-state index contributed by atoms with van der Waals surface area (Å²) >= 11 is 0. The van der Waals surface area contributed by atoms with Crippen molar-refractivity contribution in [3.05, 3.63) is 72.6 Å². The van der Waals surface area contributed by atoms with Gasteiger partial charge in [0.25, 0.3) is 0 Å². The number of hydrogen-bond acceptors (Lipinski definition) is 8. The molecule has 2 aliphatic rings. The SMILES string of the molecule is COC(=O)N[C@H](C(=O)N1C[C@@H](F)C[C@H]1c1ncc(-c2ccc3cc4cc(-c5cnc([C@@H]6C[C@H](F)CN6C(=O)[C@@H](NC(=O)OC)C(C)C)[nH]5)ccc4cc3c2)[nH]1)C(C)C. The fraction of sp³-hybridized carbons (Fsp3) is 0.429. The van der Waals surface area contributed by atoms with Gasteiger partial charge in [-0.1, -0.05) is 52.0 Å². The monoisotopic (exact) mass is 798 g/mol. The molecule has 7 rings (SSSR count). The van der Waals surface area contributed by atoms with Crippen LogP contribution in [-0.4, -0.2) is 105 Å². The molecule has 14 nitrogen and oxygen atoms in total. The number of H-pyrrole nitrogens is 2. The lowest BCUT2D eigenvalue weighted by Gasteiger charge is -2.29. The molecule has 4 heterocycles. The normalized spacial score (nSPS) is 20.5. The predicted octanol–water partition coefficient (Wildman–Crippen LogP) is 6.76.